The van der Waals surface area contributed by atoms with Gasteiger partial charge in [0.25, 0.3) is 0 Å². The molecule has 3 heterocycles. The predicted molar refractivity (Wildman–Crippen MR) is 149 cm³/mol. The first-order chi connectivity index (χ1) is 19.2. The topological polar surface area (TPSA) is 109 Å². The Hall–Kier alpha value is -3.58. The highest BCUT2D eigenvalue weighted by atomic mass is 35.5. The highest BCUT2D eigenvalue weighted by Gasteiger charge is 2.37. The van der Waals surface area contributed by atoms with Crippen LogP contribution in [0.4, 0.5) is 19.4 Å². The number of benzene rings is 1. The Morgan fingerprint density at radius 1 is 1.35 bits per heavy atom. The third kappa shape index (κ3) is 6.25. The SMILES string of the molecule is C=CC(=C)n1nc(-c2cnn(C)c2)c(Cl)c1NC(=O)NCC1CN(C(CO)COC)CC1c1ccc(F)c(F)c1. The second kappa shape index (κ2) is 12.7. The van der Waals surface area contributed by atoms with Crippen LogP contribution in [0.5, 0.6) is 0 Å². The van der Waals surface area contributed by atoms with Crippen molar-refractivity contribution in [2.24, 2.45) is 13.0 Å². The van der Waals surface area contributed by atoms with Gasteiger partial charge in [-0.2, -0.15) is 10.2 Å². The molecule has 0 spiro atoms. The van der Waals surface area contributed by atoms with Gasteiger partial charge in [0.1, 0.15) is 10.7 Å². The Bertz CT molecular complexity index is 1390. The number of rotatable bonds is 11. The van der Waals surface area contributed by atoms with E-state index in [1.807, 2.05) is 4.90 Å². The Kier molecular flexibility index (Phi) is 9.36. The van der Waals surface area contributed by atoms with Crippen molar-refractivity contribution in [3.05, 3.63) is 72.0 Å². The lowest BCUT2D eigenvalue weighted by Gasteiger charge is -2.25. The van der Waals surface area contributed by atoms with Crippen molar-refractivity contribution in [3.63, 3.8) is 0 Å². The van der Waals surface area contributed by atoms with E-state index in [1.54, 1.807) is 37.3 Å². The van der Waals surface area contributed by atoms with E-state index in [0.29, 0.717) is 42.2 Å². The zero-order valence-electron chi connectivity index (χ0n) is 22.3. The molecule has 3 aromatic rings. The summed E-state index contributed by atoms with van der Waals surface area (Å²) in [6.07, 6.45) is 4.83. The monoisotopic (exact) mass is 575 g/mol. The minimum absolute atomic E-state index is 0.131. The number of carbonyl (C=O) groups is 1. The van der Waals surface area contributed by atoms with Crippen LogP contribution in [-0.4, -0.2) is 81.6 Å². The zero-order valence-corrected chi connectivity index (χ0v) is 23.0. The number of nitrogens with one attached hydrogen (secondary N) is 2. The lowest BCUT2D eigenvalue weighted by atomic mass is 9.89. The molecule has 1 fully saturated rings. The molecule has 1 aromatic carbocycles. The number of hydrogen-bond donors (Lipinski definition) is 3. The van der Waals surface area contributed by atoms with Gasteiger partial charge >= 0.3 is 6.03 Å². The van der Waals surface area contributed by atoms with Crippen LogP contribution in [-0.2, 0) is 11.8 Å². The predicted octanol–water partition coefficient (Wildman–Crippen LogP) is 3.72. The molecule has 0 saturated carbocycles. The standard InChI is InChI=1S/C27H32ClF2N7O3/c1-5-16(2)37-26(24(28)25(34-37)19-10-32-35(3)11-19)33-27(39)31-9-18-12-36(20(14-38)15-40-4)13-21(18)17-6-7-22(29)23(30)8-17/h5-8,10-11,18,20-21,38H,1-2,9,12-15H2,3-4H3,(H2,31,33,39). The molecule has 13 heteroatoms. The first-order valence-corrected chi connectivity index (χ1v) is 13.0. The Balaban J connectivity index is 1.53. The first-order valence-electron chi connectivity index (χ1n) is 12.6. The molecule has 4 rings (SSSR count). The van der Waals surface area contributed by atoms with Gasteiger partial charge < -0.3 is 15.2 Å². The average molecular weight is 576 g/mol. The Morgan fingerprint density at radius 2 is 2.12 bits per heavy atom. The molecule has 1 aliphatic rings. The summed E-state index contributed by atoms with van der Waals surface area (Å²) in [6.45, 7) is 8.99. The molecule has 2 amide bonds. The van der Waals surface area contributed by atoms with Gasteiger partial charge in [0.2, 0.25) is 0 Å². The van der Waals surface area contributed by atoms with Crippen LogP contribution >= 0.6 is 11.6 Å². The molecule has 3 N–H and O–H groups in total. The molecule has 10 nitrogen and oxygen atoms in total. The summed E-state index contributed by atoms with van der Waals surface area (Å²) in [4.78, 5) is 15.1. The van der Waals surface area contributed by atoms with Crippen molar-refractivity contribution in [1.82, 2.24) is 29.8 Å². The molecule has 1 saturated heterocycles. The van der Waals surface area contributed by atoms with Crippen LogP contribution in [0, 0.1) is 17.6 Å². The van der Waals surface area contributed by atoms with Gasteiger partial charge in [0, 0.05) is 51.5 Å². The first kappa shape index (κ1) is 29.4. The molecule has 214 valence electrons. The summed E-state index contributed by atoms with van der Waals surface area (Å²) >= 11 is 6.63. The molecule has 2 aromatic heterocycles. The van der Waals surface area contributed by atoms with Crippen LogP contribution in [0.2, 0.25) is 5.02 Å². The second-order valence-corrected chi connectivity index (χ2v) is 10.0. The lowest BCUT2D eigenvalue weighted by molar-refractivity contribution is 0.0632. The smallest absolute Gasteiger partial charge is 0.320 e. The van der Waals surface area contributed by atoms with Crippen LogP contribution in [0.1, 0.15) is 11.5 Å². The Morgan fingerprint density at radius 3 is 2.75 bits per heavy atom. The second-order valence-electron chi connectivity index (χ2n) is 9.64. The van der Waals surface area contributed by atoms with Crippen molar-refractivity contribution >= 4 is 29.1 Å². The van der Waals surface area contributed by atoms with Gasteiger partial charge in [0.05, 0.1) is 31.1 Å². The number of aryl methyl sites for hydroxylation is 1. The summed E-state index contributed by atoms with van der Waals surface area (Å²) < 4.78 is 35.9. The largest absolute Gasteiger partial charge is 0.395 e. The fourth-order valence-corrected chi connectivity index (χ4v) is 5.18. The lowest BCUT2D eigenvalue weighted by Crippen LogP contribution is -2.40. The molecule has 0 radical (unpaired) electrons. The summed E-state index contributed by atoms with van der Waals surface area (Å²) in [5.41, 5.74) is 2.06. The number of aliphatic hydroxyl groups is 1. The third-order valence-electron chi connectivity index (χ3n) is 7.00. The third-order valence-corrected chi connectivity index (χ3v) is 7.36. The summed E-state index contributed by atoms with van der Waals surface area (Å²) in [5, 5.41) is 24.3. The number of carbonyl (C=O) groups excluding carboxylic acids is 1. The number of aliphatic hydroxyl groups excluding tert-OH is 1. The van der Waals surface area contributed by atoms with Crippen molar-refractivity contribution in [2.75, 3.05) is 45.3 Å². The molecule has 1 aliphatic heterocycles. The molecule has 40 heavy (non-hydrogen) atoms. The normalized spacial score (nSPS) is 18.1. The molecule has 3 atom stereocenters. The number of amides is 2. The maximum atomic E-state index is 14.1. The average Bonchev–Trinajstić information content (AvgIpc) is 3.65. The van der Waals surface area contributed by atoms with E-state index in [4.69, 9.17) is 16.3 Å². The van der Waals surface area contributed by atoms with Crippen LogP contribution in [0.3, 0.4) is 0 Å². The van der Waals surface area contributed by atoms with E-state index in [2.05, 4.69) is 34.0 Å². The number of hydrogen-bond acceptors (Lipinski definition) is 6. The van der Waals surface area contributed by atoms with Gasteiger partial charge in [-0.05, 0) is 29.7 Å². The van der Waals surface area contributed by atoms with Gasteiger partial charge in [-0.3, -0.25) is 14.9 Å². The van der Waals surface area contributed by atoms with Crippen molar-refractivity contribution in [3.8, 4) is 11.3 Å². The number of ether oxygens (including phenoxy) is 1. The van der Waals surface area contributed by atoms with Gasteiger partial charge in [0.15, 0.2) is 17.5 Å². The van der Waals surface area contributed by atoms with Gasteiger partial charge in [-0.15, -0.1) is 0 Å². The van der Waals surface area contributed by atoms with Crippen LogP contribution in [0.25, 0.3) is 17.0 Å². The van der Waals surface area contributed by atoms with Crippen molar-refractivity contribution < 1.29 is 23.4 Å². The van der Waals surface area contributed by atoms with E-state index in [9.17, 15) is 18.7 Å². The number of nitrogens with zero attached hydrogens (tertiary/aromatic N) is 5. The minimum atomic E-state index is -0.939. The Labute approximate surface area is 235 Å². The number of likely N-dealkylation sites (tertiary alicyclic amines) is 1. The molecule has 3 unspecified atom stereocenters. The highest BCUT2D eigenvalue weighted by molar-refractivity contribution is 6.36. The molecule has 0 aliphatic carbocycles. The number of methoxy groups -OCH3 is 1. The summed E-state index contributed by atoms with van der Waals surface area (Å²) in [7, 11) is 3.31. The van der Waals surface area contributed by atoms with Crippen LogP contribution < -0.4 is 10.6 Å². The maximum absolute atomic E-state index is 14.1. The summed E-state index contributed by atoms with van der Waals surface area (Å²) in [5.74, 6) is -2.07. The number of allylic oxidation sites excluding steroid dienone is 2. The van der Waals surface area contributed by atoms with Gasteiger partial charge in [-0.25, -0.2) is 18.3 Å². The molecular formula is C27H32ClF2N7O3. The molecule has 0 bridgehead atoms. The fraction of sp³-hybridized carbons (Fsp3) is 0.370. The van der Waals surface area contributed by atoms with Gasteiger partial charge in [-0.1, -0.05) is 30.8 Å². The van der Waals surface area contributed by atoms with E-state index in [0.717, 1.165) is 6.07 Å². The van der Waals surface area contributed by atoms with Crippen molar-refractivity contribution in [1.29, 1.82) is 0 Å². The van der Waals surface area contributed by atoms with E-state index in [-0.39, 0.29) is 41.9 Å². The number of urea groups is 1. The quantitative estimate of drug-likeness (QED) is 0.301. The minimum Gasteiger partial charge on any atom is -0.395 e. The number of aromatic nitrogens is 4. The van der Waals surface area contributed by atoms with E-state index < -0.39 is 17.7 Å². The van der Waals surface area contributed by atoms with E-state index in [1.165, 1.54) is 16.8 Å². The number of anilines is 1. The molecular weight excluding hydrogens is 544 g/mol. The fourth-order valence-electron chi connectivity index (χ4n) is 4.90. The van der Waals surface area contributed by atoms with E-state index >= 15 is 0 Å². The summed E-state index contributed by atoms with van der Waals surface area (Å²) in [6, 6.07) is 3.00. The highest BCUT2D eigenvalue weighted by Crippen LogP contribution is 2.36. The maximum Gasteiger partial charge on any atom is 0.320 e. The number of halogens is 3. The van der Waals surface area contributed by atoms with Crippen LogP contribution in [0.15, 0.2) is 49.8 Å². The zero-order chi connectivity index (χ0) is 29.0. The van der Waals surface area contributed by atoms with Crippen molar-refractivity contribution in [2.45, 2.75) is 12.0 Å².